The Labute approximate surface area is 110 Å². The van der Waals surface area contributed by atoms with Gasteiger partial charge in [0.1, 0.15) is 6.04 Å². The van der Waals surface area contributed by atoms with Crippen molar-refractivity contribution in [3.8, 4) is 0 Å². The van der Waals surface area contributed by atoms with Crippen LogP contribution in [0.1, 0.15) is 45.4 Å². The van der Waals surface area contributed by atoms with Crippen molar-refractivity contribution in [3.63, 3.8) is 0 Å². The Hall–Kier alpha value is -0.610. The smallest absolute Gasteiger partial charge is 0.322 e. The second-order valence-corrected chi connectivity index (χ2v) is 5.72. The molecule has 2 aliphatic heterocycles. The number of nitrogens with zero attached hydrogens (tertiary/aromatic N) is 2. The molecule has 2 rings (SSSR count). The fourth-order valence-electron chi connectivity index (χ4n) is 3.39. The maximum atomic E-state index is 11.6. The highest BCUT2D eigenvalue weighted by atomic mass is 16.4. The van der Waals surface area contributed by atoms with Crippen molar-refractivity contribution in [2.75, 3.05) is 26.2 Å². The molecule has 0 amide bonds. The van der Waals surface area contributed by atoms with Crippen LogP contribution in [0.3, 0.4) is 0 Å². The van der Waals surface area contributed by atoms with Gasteiger partial charge in [-0.25, -0.2) is 0 Å². The first kappa shape index (κ1) is 13.8. The number of piperidine rings is 2. The van der Waals surface area contributed by atoms with Crippen LogP contribution in [0.4, 0.5) is 0 Å². The average molecular weight is 254 g/mol. The van der Waals surface area contributed by atoms with Gasteiger partial charge in [-0.3, -0.25) is 14.6 Å². The Balaban J connectivity index is 2.00. The van der Waals surface area contributed by atoms with Gasteiger partial charge >= 0.3 is 5.97 Å². The van der Waals surface area contributed by atoms with Gasteiger partial charge in [0.15, 0.2) is 0 Å². The van der Waals surface area contributed by atoms with Crippen molar-refractivity contribution in [3.05, 3.63) is 0 Å². The van der Waals surface area contributed by atoms with Gasteiger partial charge in [-0.1, -0.05) is 12.8 Å². The first-order valence-corrected chi connectivity index (χ1v) is 7.41. The molecule has 2 saturated heterocycles. The Morgan fingerprint density at radius 3 is 1.78 bits per heavy atom. The molecule has 0 aromatic heterocycles. The predicted molar refractivity (Wildman–Crippen MR) is 71.7 cm³/mol. The van der Waals surface area contributed by atoms with Crippen LogP contribution in [0.15, 0.2) is 0 Å². The van der Waals surface area contributed by atoms with Crippen LogP contribution in [-0.2, 0) is 4.79 Å². The molecular formula is C14H26N2O2. The van der Waals surface area contributed by atoms with E-state index in [2.05, 4.69) is 16.7 Å². The van der Waals surface area contributed by atoms with Crippen molar-refractivity contribution >= 4 is 5.97 Å². The molecule has 18 heavy (non-hydrogen) atoms. The topological polar surface area (TPSA) is 43.8 Å². The minimum Gasteiger partial charge on any atom is -0.480 e. The highest BCUT2D eigenvalue weighted by molar-refractivity contribution is 5.74. The molecule has 0 saturated carbocycles. The predicted octanol–water partition coefficient (Wildman–Crippen LogP) is 1.80. The molecule has 2 aliphatic rings. The highest BCUT2D eigenvalue weighted by Crippen LogP contribution is 2.20. The Morgan fingerprint density at radius 1 is 0.889 bits per heavy atom. The first-order chi connectivity index (χ1) is 8.70. The van der Waals surface area contributed by atoms with E-state index >= 15 is 0 Å². The SMILES string of the molecule is C[C@@H]([C@@H](C(=O)O)N1CCCCC1)N1CCCCC1. The minimum atomic E-state index is -0.644. The molecule has 2 atom stereocenters. The van der Waals surface area contributed by atoms with Gasteiger partial charge in [-0.15, -0.1) is 0 Å². The Kier molecular flexibility index (Phi) is 5.01. The maximum absolute atomic E-state index is 11.6. The zero-order chi connectivity index (χ0) is 13.0. The number of aliphatic carboxylic acids is 1. The Bertz CT molecular complexity index is 271. The summed E-state index contributed by atoms with van der Waals surface area (Å²) in [7, 11) is 0. The molecule has 4 heteroatoms. The third-order valence-electron chi connectivity index (χ3n) is 4.46. The number of rotatable bonds is 4. The van der Waals surface area contributed by atoms with Crippen LogP contribution in [0.5, 0.6) is 0 Å². The fourth-order valence-corrected chi connectivity index (χ4v) is 3.39. The van der Waals surface area contributed by atoms with E-state index in [1.54, 1.807) is 0 Å². The summed E-state index contributed by atoms with van der Waals surface area (Å²) in [6.45, 7) is 6.14. The molecule has 0 bridgehead atoms. The van der Waals surface area contributed by atoms with E-state index in [0.717, 1.165) is 39.0 Å². The Morgan fingerprint density at radius 2 is 1.33 bits per heavy atom. The van der Waals surface area contributed by atoms with Crippen molar-refractivity contribution in [2.45, 2.75) is 57.5 Å². The molecule has 0 aliphatic carbocycles. The molecular weight excluding hydrogens is 228 g/mol. The monoisotopic (exact) mass is 254 g/mol. The zero-order valence-corrected chi connectivity index (χ0v) is 11.5. The van der Waals surface area contributed by atoms with Crippen LogP contribution < -0.4 is 0 Å². The molecule has 0 aromatic rings. The molecule has 1 N–H and O–H groups in total. The van der Waals surface area contributed by atoms with Crippen LogP contribution in [0, 0.1) is 0 Å². The van der Waals surface area contributed by atoms with Gasteiger partial charge < -0.3 is 5.11 Å². The summed E-state index contributed by atoms with van der Waals surface area (Å²) >= 11 is 0. The molecule has 2 heterocycles. The normalized spacial score (nSPS) is 26.7. The molecule has 0 spiro atoms. The third kappa shape index (κ3) is 3.23. The zero-order valence-electron chi connectivity index (χ0n) is 11.5. The number of hydrogen-bond acceptors (Lipinski definition) is 3. The number of likely N-dealkylation sites (tertiary alicyclic amines) is 2. The van der Waals surface area contributed by atoms with Gasteiger partial charge in [-0.05, 0) is 58.8 Å². The maximum Gasteiger partial charge on any atom is 0.322 e. The van der Waals surface area contributed by atoms with Crippen LogP contribution in [-0.4, -0.2) is 59.1 Å². The second kappa shape index (κ2) is 6.53. The van der Waals surface area contributed by atoms with Crippen LogP contribution in [0.25, 0.3) is 0 Å². The van der Waals surface area contributed by atoms with Crippen molar-refractivity contribution in [1.82, 2.24) is 9.80 Å². The number of carboxylic acid groups (broad SMARTS) is 1. The van der Waals surface area contributed by atoms with Crippen LogP contribution in [0.2, 0.25) is 0 Å². The summed E-state index contributed by atoms with van der Waals surface area (Å²) in [6.07, 6.45) is 7.28. The second-order valence-electron chi connectivity index (χ2n) is 5.72. The minimum absolute atomic E-state index is 0.140. The quantitative estimate of drug-likeness (QED) is 0.831. The van der Waals surface area contributed by atoms with Gasteiger partial charge in [0.2, 0.25) is 0 Å². The standard InChI is InChI=1S/C14H26N2O2/c1-12(15-8-4-2-5-9-15)13(14(17)18)16-10-6-3-7-11-16/h12-13H,2-11H2,1H3,(H,17,18)/t12-,13-/m0/s1. The first-order valence-electron chi connectivity index (χ1n) is 7.41. The lowest BCUT2D eigenvalue weighted by Gasteiger charge is -2.41. The third-order valence-corrected chi connectivity index (χ3v) is 4.46. The average Bonchev–Trinajstić information content (AvgIpc) is 2.40. The lowest BCUT2D eigenvalue weighted by atomic mass is 10.00. The van der Waals surface area contributed by atoms with Gasteiger partial charge in [-0.2, -0.15) is 0 Å². The van der Waals surface area contributed by atoms with E-state index in [1.807, 2.05) is 0 Å². The summed E-state index contributed by atoms with van der Waals surface area (Å²) in [5.74, 6) is -0.644. The lowest BCUT2D eigenvalue weighted by molar-refractivity contribution is -0.146. The fraction of sp³-hybridized carbons (Fsp3) is 0.929. The lowest BCUT2D eigenvalue weighted by Crippen LogP contribution is -2.56. The van der Waals surface area contributed by atoms with Crippen molar-refractivity contribution in [1.29, 1.82) is 0 Å². The molecule has 104 valence electrons. The van der Waals surface area contributed by atoms with E-state index in [-0.39, 0.29) is 12.1 Å². The molecule has 0 aromatic carbocycles. The summed E-state index contributed by atoms with van der Waals surface area (Å²) < 4.78 is 0. The molecule has 0 unspecified atom stereocenters. The highest BCUT2D eigenvalue weighted by Gasteiger charge is 2.35. The summed E-state index contributed by atoms with van der Waals surface area (Å²) in [5, 5.41) is 9.56. The van der Waals surface area contributed by atoms with Crippen LogP contribution >= 0.6 is 0 Å². The van der Waals surface area contributed by atoms with Crippen molar-refractivity contribution < 1.29 is 9.90 Å². The van der Waals surface area contributed by atoms with E-state index in [1.165, 1.54) is 25.7 Å². The number of hydrogen-bond donors (Lipinski definition) is 1. The van der Waals surface area contributed by atoms with E-state index in [9.17, 15) is 9.90 Å². The van der Waals surface area contributed by atoms with E-state index in [4.69, 9.17) is 0 Å². The number of carbonyl (C=O) groups is 1. The molecule has 2 fully saturated rings. The van der Waals surface area contributed by atoms with Gasteiger partial charge in [0, 0.05) is 6.04 Å². The van der Waals surface area contributed by atoms with Gasteiger partial charge in [0.25, 0.3) is 0 Å². The van der Waals surface area contributed by atoms with Crippen molar-refractivity contribution in [2.24, 2.45) is 0 Å². The summed E-state index contributed by atoms with van der Waals surface area (Å²) in [5.41, 5.74) is 0. The largest absolute Gasteiger partial charge is 0.480 e. The van der Waals surface area contributed by atoms with Gasteiger partial charge in [0.05, 0.1) is 0 Å². The number of carboxylic acids is 1. The van der Waals surface area contributed by atoms with E-state index < -0.39 is 5.97 Å². The molecule has 4 nitrogen and oxygen atoms in total. The molecule has 0 radical (unpaired) electrons. The van der Waals surface area contributed by atoms with E-state index in [0.29, 0.717) is 0 Å². The summed E-state index contributed by atoms with van der Waals surface area (Å²) in [4.78, 5) is 16.2. The summed E-state index contributed by atoms with van der Waals surface area (Å²) in [6, 6.07) is -0.177.